The predicted octanol–water partition coefficient (Wildman–Crippen LogP) is 4.30. The molecule has 0 spiro atoms. The summed E-state index contributed by atoms with van der Waals surface area (Å²) < 4.78 is 48.1. The lowest BCUT2D eigenvalue weighted by atomic mass is 10.2. The van der Waals surface area contributed by atoms with E-state index in [1.807, 2.05) is 0 Å². The van der Waals surface area contributed by atoms with Crippen LogP contribution in [0.1, 0.15) is 5.56 Å². The molecule has 0 saturated heterocycles. The van der Waals surface area contributed by atoms with Gasteiger partial charge in [-0.3, -0.25) is 9.88 Å². The first-order valence-corrected chi connectivity index (χ1v) is 10.0. The molecule has 0 saturated carbocycles. The average Bonchev–Trinajstić information content (AvgIpc) is 3.07. The molecule has 1 amide bonds. The molecule has 0 unspecified atom stereocenters. The number of halogens is 3. The lowest BCUT2D eigenvalue weighted by Crippen LogP contribution is -2.23. The van der Waals surface area contributed by atoms with Gasteiger partial charge >= 0.3 is 18.1 Å². The van der Waals surface area contributed by atoms with Gasteiger partial charge in [-0.05, 0) is 54.1 Å². The Morgan fingerprint density at radius 2 is 1.74 bits per heavy atom. The monoisotopic (exact) mass is 486 g/mol. The van der Waals surface area contributed by atoms with E-state index in [0.29, 0.717) is 11.3 Å². The summed E-state index contributed by atoms with van der Waals surface area (Å²) in [7, 11) is 0. The molecule has 2 aromatic carbocycles. The van der Waals surface area contributed by atoms with Crippen LogP contribution in [-0.2, 0) is 6.54 Å². The molecule has 180 valence electrons. The van der Waals surface area contributed by atoms with Crippen LogP contribution in [0.5, 0.6) is 17.4 Å². The lowest BCUT2D eigenvalue weighted by Gasteiger charge is -2.09. The Hall–Kier alpha value is -4.74. The Kier molecular flexibility index (Phi) is 6.44. The minimum absolute atomic E-state index is 0.0135. The minimum atomic E-state index is -4.85. The van der Waals surface area contributed by atoms with Crippen molar-refractivity contribution >= 4 is 11.9 Å². The second kappa shape index (κ2) is 9.63. The first-order valence-electron chi connectivity index (χ1n) is 10.0. The van der Waals surface area contributed by atoms with Gasteiger partial charge in [-0.2, -0.15) is 0 Å². The van der Waals surface area contributed by atoms with E-state index in [-0.39, 0.29) is 18.1 Å². The van der Waals surface area contributed by atoms with Gasteiger partial charge < -0.3 is 14.6 Å². The van der Waals surface area contributed by atoms with Crippen LogP contribution in [-0.4, -0.2) is 31.7 Å². The van der Waals surface area contributed by atoms with Gasteiger partial charge in [0.05, 0.1) is 18.4 Å². The van der Waals surface area contributed by atoms with Gasteiger partial charge in [0.1, 0.15) is 17.3 Å². The van der Waals surface area contributed by atoms with E-state index in [1.165, 1.54) is 35.2 Å². The Bertz CT molecular complexity index is 1380. The van der Waals surface area contributed by atoms with Crippen molar-refractivity contribution in [2.24, 2.45) is 0 Å². The number of para-hydroxylation sites is 1. The maximum atomic E-state index is 12.8. The van der Waals surface area contributed by atoms with Crippen LogP contribution in [0.2, 0.25) is 0 Å². The molecule has 4 rings (SSSR count). The number of benzene rings is 2. The van der Waals surface area contributed by atoms with Crippen molar-refractivity contribution in [1.82, 2.24) is 14.1 Å². The summed E-state index contributed by atoms with van der Waals surface area (Å²) in [6.45, 7) is 0.0135. The van der Waals surface area contributed by atoms with Crippen LogP contribution in [0.25, 0.3) is 5.69 Å². The summed E-state index contributed by atoms with van der Waals surface area (Å²) in [5.74, 6) is -0.350. The minimum Gasteiger partial charge on any atom is -0.493 e. The molecule has 0 radical (unpaired) electrons. The third-order valence-corrected chi connectivity index (χ3v) is 4.63. The standard InChI is InChI=1S/C23H17F3N4O5/c24-23(25,26)35-18-8-6-16(7-9-18)30-20(31)14-29(22(30)33)13-15-10-11-27-19(12-15)28-21(32)34-17-4-2-1-3-5-17/h1-12,14,31H,13H2,(H,27,28,32). The molecule has 0 bridgehead atoms. The van der Waals surface area contributed by atoms with E-state index in [9.17, 15) is 27.9 Å². The smallest absolute Gasteiger partial charge is 0.493 e. The number of nitrogens with one attached hydrogen (secondary N) is 1. The number of anilines is 1. The number of nitrogens with zero attached hydrogens (tertiary/aromatic N) is 3. The van der Waals surface area contributed by atoms with Crippen molar-refractivity contribution in [3.05, 3.63) is 95.2 Å². The topological polar surface area (TPSA) is 108 Å². The predicted molar refractivity (Wildman–Crippen MR) is 118 cm³/mol. The summed E-state index contributed by atoms with van der Waals surface area (Å²) >= 11 is 0. The van der Waals surface area contributed by atoms with Crippen molar-refractivity contribution in [2.75, 3.05) is 5.32 Å². The summed E-state index contributed by atoms with van der Waals surface area (Å²) in [5.41, 5.74) is 0.0755. The summed E-state index contributed by atoms with van der Waals surface area (Å²) in [5, 5.41) is 12.7. The van der Waals surface area contributed by atoms with E-state index < -0.39 is 29.8 Å². The van der Waals surface area contributed by atoms with Crippen LogP contribution in [0.15, 0.2) is 83.9 Å². The van der Waals surface area contributed by atoms with Gasteiger partial charge in [-0.1, -0.05) is 18.2 Å². The Morgan fingerprint density at radius 1 is 1.03 bits per heavy atom. The molecule has 12 heteroatoms. The number of aromatic nitrogens is 3. The number of hydrogen-bond donors (Lipinski definition) is 2. The first-order chi connectivity index (χ1) is 16.7. The van der Waals surface area contributed by atoms with Crippen LogP contribution in [0.3, 0.4) is 0 Å². The van der Waals surface area contributed by atoms with Gasteiger partial charge in [-0.15, -0.1) is 13.2 Å². The second-order valence-corrected chi connectivity index (χ2v) is 7.15. The van der Waals surface area contributed by atoms with E-state index in [1.54, 1.807) is 36.4 Å². The number of pyridine rings is 1. The molecule has 0 atom stereocenters. The quantitative estimate of drug-likeness (QED) is 0.421. The number of carbonyl (C=O) groups is 1. The van der Waals surface area contributed by atoms with Crippen LogP contribution in [0.4, 0.5) is 23.8 Å². The fraction of sp³-hybridized carbons (Fsp3) is 0.0870. The van der Waals surface area contributed by atoms with Crippen molar-refractivity contribution < 1.29 is 32.5 Å². The van der Waals surface area contributed by atoms with Crippen LogP contribution < -0.4 is 20.5 Å². The third-order valence-electron chi connectivity index (χ3n) is 4.63. The van der Waals surface area contributed by atoms with Gasteiger partial charge in [0.15, 0.2) is 0 Å². The van der Waals surface area contributed by atoms with E-state index in [2.05, 4.69) is 15.0 Å². The normalized spacial score (nSPS) is 11.2. The van der Waals surface area contributed by atoms with Gasteiger partial charge in [0, 0.05) is 6.20 Å². The van der Waals surface area contributed by atoms with E-state index in [4.69, 9.17) is 4.74 Å². The highest BCUT2D eigenvalue weighted by molar-refractivity contribution is 5.85. The molecular formula is C23H17F3N4O5. The zero-order chi connectivity index (χ0) is 25.0. The maximum absolute atomic E-state index is 12.8. The highest BCUT2D eigenvalue weighted by Gasteiger charge is 2.31. The number of imidazole rings is 1. The molecule has 0 fully saturated rings. The van der Waals surface area contributed by atoms with Crippen LogP contribution in [0, 0.1) is 0 Å². The molecule has 9 nitrogen and oxygen atoms in total. The first kappa shape index (κ1) is 23.4. The fourth-order valence-electron chi connectivity index (χ4n) is 3.20. The highest BCUT2D eigenvalue weighted by Crippen LogP contribution is 2.24. The van der Waals surface area contributed by atoms with Crippen molar-refractivity contribution in [3.63, 3.8) is 0 Å². The SMILES string of the molecule is O=C(Nc1cc(Cn2cc(O)n(-c3ccc(OC(F)(F)F)cc3)c2=O)ccn1)Oc1ccccc1. The molecule has 0 aliphatic carbocycles. The number of ether oxygens (including phenoxy) is 2. The molecular weight excluding hydrogens is 469 g/mol. The molecule has 2 N–H and O–H groups in total. The van der Waals surface area contributed by atoms with Crippen molar-refractivity contribution in [2.45, 2.75) is 12.9 Å². The van der Waals surface area contributed by atoms with Gasteiger partial charge in [0.2, 0.25) is 5.88 Å². The van der Waals surface area contributed by atoms with Crippen molar-refractivity contribution in [1.29, 1.82) is 0 Å². The average molecular weight is 486 g/mol. The van der Waals surface area contributed by atoms with E-state index in [0.717, 1.165) is 16.7 Å². The zero-order valence-corrected chi connectivity index (χ0v) is 17.8. The largest absolute Gasteiger partial charge is 0.573 e. The molecule has 2 aromatic heterocycles. The lowest BCUT2D eigenvalue weighted by molar-refractivity contribution is -0.274. The number of carbonyl (C=O) groups excluding carboxylic acids is 1. The second-order valence-electron chi connectivity index (χ2n) is 7.15. The summed E-state index contributed by atoms with van der Waals surface area (Å²) in [4.78, 5) is 28.9. The highest BCUT2D eigenvalue weighted by atomic mass is 19.4. The molecule has 35 heavy (non-hydrogen) atoms. The van der Waals surface area contributed by atoms with Crippen LogP contribution >= 0.6 is 0 Å². The molecule has 4 aromatic rings. The van der Waals surface area contributed by atoms with E-state index >= 15 is 0 Å². The van der Waals surface area contributed by atoms with Crippen molar-refractivity contribution in [3.8, 4) is 23.1 Å². The summed E-state index contributed by atoms with van der Waals surface area (Å²) in [6, 6.07) is 16.0. The van der Waals surface area contributed by atoms with Gasteiger partial charge in [0.25, 0.3) is 0 Å². The number of alkyl halides is 3. The Balaban J connectivity index is 1.48. The number of amides is 1. The molecule has 2 heterocycles. The molecule has 0 aliphatic rings. The Morgan fingerprint density at radius 3 is 2.43 bits per heavy atom. The Labute approximate surface area is 195 Å². The third kappa shape index (κ3) is 5.99. The fourth-order valence-corrected chi connectivity index (χ4v) is 3.20. The number of hydrogen-bond acceptors (Lipinski definition) is 6. The maximum Gasteiger partial charge on any atom is 0.573 e. The number of rotatable bonds is 6. The van der Waals surface area contributed by atoms with Gasteiger partial charge in [-0.25, -0.2) is 19.1 Å². The zero-order valence-electron chi connectivity index (χ0n) is 17.8. The summed E-state index contributed by atoms with van der Waals surface area (Å²) in [6.07, 6.45) is -2.99. The number of aromatic hydroxyl groups is 1. The molecule has 0 aliphatic heterocycles.